The van der Waals surface area contributed by atoms with E-state index in [1.54, 1.807) is 26.0 Å². The molecule has 0 aliphatic carbocycles. The molecule has 30 heavy (non-hydrogen) atoms. The number of sulfonamides is 1. The maximum absolute atomic E-state index is 12.7. The van der Waals surface area contributed by atoms with Crippen LogP contribution in [0.1, 0.15) is 63.0 Å². The molecular weight excluding hydrogens is 398 g/mol. The first-order valence-electron chi connectivity index (χ1n) is 10.1. The van der Waals surface area contributed by atoms with E-state index >= 15 is 0 Å². The lowest BCUT2D eigenvalue weighted by atomic mass is 9.86. The number of carbonyl (C=O) groups is 1. The maximum atomic E-state index is 12.7. The Morgan fingerprint density at radius 2 is 1.60 bits per heavy atom. The second-order valence-electron chi connectivity index (χ2n) is 8.08. The van der Waals surface area contributed by atoms with Crippen LogP contribution in [0.15, 0.2) is 58.5 Å². The molecule has 1 amide bonds. The number of benzene rings is 2. The topological polar surface area (TPSA) is 78.8 Å². The summed E-state index contributed by atoms with van der Waals surface area (Å²) in [5.41, 5.74) is 5.60. The molecule has 0 aliphatic rings. The molecule has 2 rings (SSSR count). The molecule has 0 bridgehead atoms. The third kappa shape index (κ3) is 5.55. The standard InChI is InChI=1S/C23H31N3O3S/c1-7-26(8-2)30(28,29)21-11-9-10-19(16-21)22(27)25-24-17(3)18-12-14-20(15-13-18)23(4,5)6/h9-16H,7-8H2,1-6H3,(H,25,27)/b24-17+. The number of rotatable bonds is 7. The van der Waals surface area contributed by atoms with E-state index in [9.17, 15) is 13.2 Å². The van der Waals surface area contributed by atoms with Crippen molar-refractivity contribution in [1.82, 2.24) is 9.73 Å². The van der Waals surface area contributed by atoms with Crippen molar-refractivity contribution in [2.75, 3.05) is 13.1 Å². The van der Waals surface area contributed by atoms with E-state index < -0.39 is 15.9 Å². The Labute approximate surface area is 180 Å². The van der Waals surface area contributed by atoms with Crippen LogP contribution in [0.5, 0.6) is 0 Å². The van der Waals surface area contributed by atoms with Crippen LogP contribution in [0.4, 0.5) is 0 Å². The average Bonchev–Trinajstić information content (AvgIpc) is 2.72. The molecule has 0 unspecified atom stereocenters. The zero-order valence-corrected chi connectivity index (χ0v) is 19.4. The third-order valence-corrected chi connectivity index (χ3v) is 6.98. The Hall–Kier alpha value is -2.51. The largest absolute Gasteiger partial charge is 0.271 e. The summed E-state index contributed by atoms with van der Waals surface area (Å²) in [4.78, 5) is 12.6. The molecule has 0 aliphatic heterocycles. The van der Waals surface area contributed by atoms with E-state index in [4.69, 9.17) is 0 Å². The van der Waals surface area contributed by atoms with Crippen molar-refractivity contribution in [3.05, 3.63) is 65.2 Å². The van der Waals surface area contributed by atoms with Crippen molar-refractivity contribution < 1.29 is 13.2 Å². The molecule has 2 aromatic carbocycles. The van der Waals surface area contributed by atoms with Gasteiger partial charge in [0, 0.05) is 18.7 Å². The van der Waals surface area contributed by atoms with E-state index in [1.807, 2.05) is 19.1 Å². The molecule has 0 fully saturated rings. The van der Waals surface area contributed by atoms with Crippen molar-refractivity contribution >= 4 is 21.6 Å². The molecule has 1 N–H and O–H groups in total. The van der Waals surface area contributed by atoms with Crippen LogP contribution >= 0.6 is 0 Å². The highest BCUT2D eigenvalue weighted by Gasteiger charge is 2.22. The van der Waals surface area contributed by atoms with Gasteiger partial charge >= 0.3 is 0 Å². The fourth-order valence-electron chi connectivity index (χ4n) is 2.99. The first-order chi connectivity index (χ1) is 14.0. The average molecular weight is 430 g/mol. The van der Waals surface area contributed by atoms with Crippen molar-refractivity contribution in [2.24, 2.45) is 5.10 Å². The van der Waals surface area contributed by atoms with Gasteiger partial charge in [0.15, 0.2) is 0 Å². The fourth-order valence-corrected chi connectivity index (χ4v) is 4.49. The van der Waals surface area contributed by atoms with Crippen molar-refractivity contribution in [2.45, 2.75) is 51.9 Å². The van der Waals surface area contributed by atoms with Gasteiger partial charge in [-0.05, 0) is 41.7 Å². The number of hydrazone groups is 1. The summed E-state index contributed by atoms with van der Waals surface area (Å²) in [5, 5.41) is 4.18. The van der Waals surface area contributed by atoms with Gasteiger partial charge < -0.3 is 0 Å². The summed E-state index contributed by atoms with van der Waals surface area (Å²) >= 11 is 0. The minimum atomic E-state index is -3.63. The van der Waals surface area contributed by atoms with Gasteiger partial charge in [0.25, 0.3) is 5.91 Å². The monoisotopic (exact) mass is 429 g/mol. The summed E-state index contributed by atoms with van der Waals surface area (Å²) in [6.45, 7) is 12.6. The van der Waals surface area contributed by atoms with Crippen LogP contribution in [0.2, 0.25) is 0 Å². The van der Waals surface area contributed by atoms with Gasteiger partial charge in [-0.1, -0.05) is 65.0 Å². The van der Waals surface area contributed by atoms with Gasteiger partial charge in [0.1, 0.15) is 0 Å². The fraction of sp³-hybridized carbons (Fsp3) is 0.391. The number of nitrogens with zero attached hydrogens (tertiary/aromatic N) is 2. The van der Waals surface area contributed by atoms with Gasteiger partial charge in [0.05, 0.1) is 10.6 Å². The van der Waals surface area contributed by atoms with Gasteiger partial charge in [-0.3, -0.25) is 4.79 Å². The SMILES string of the molecule is CCN(CC)S(=O)(=O)c1cccc(C(=O)N/N=C(\C)c2ccc(C(C)(C)C)cc2)c1. The lowest BCUT2D eigenvalue weighted by Crippen LogP contribution is -2.30. The third-order valence-electron chi connectivity index (χ3n) is 4.93. The zero-order chi connectivity index (χ0) is 22.5. The van der Waals surface area contributed by atoms with E-state index in [2.05, 4.69) is 43.4 Å². The molecule has 162 valence electrons. The predicted octanol–water partition coefficient (Wildman–Crippen LogP) is 4.17. The summed E-state index contributed by atoms with van der Waals surface area (Å²) < 4.78 is 26.7. The molecule has 0 spiro atoms. The van der Waals surface area contributed by atoms with E-state index in [0.29, 0.717) is 18.8 Å². The van der Waals surface area contributed by atoms with Crippen molar-refractivity contribution in [3.63, 3.8) is 0 Å². The van der Waals surface area contributed by atoms with E-state index in [-0.39, 0.29) is 15.9 Å². The second kappa shape index (κ2) is 9.53. The molecule has 7 heteroatoms. The molecule has 0 saturated carbocycles. The minimum Gasteiger partial charge on any atom is -0.267 e. The normalized spacial score (nSPS) is 12.8. The summed E-state index contributed by atoms with van der Waals surface area (Å²) in [6, 6.07) is 14.1. The molecule has 0 saturated heterocycles. The van der Waals surface area contributed by atoms with Crippen LogP contribution < -0.4 is 5.43 Å². The van der Waals surface area contributed by atoms with Crippen LogP contribution in [-0.4, -0.2) is 37.4 Å². The number of nitrogens with one attached hydrogen (secondary N) is 1. The predicted molar refractivity (Wildman–Crippen MR) is 121 cm³/mol. The van der Waals surface area contributed by atoms with Gasteiger partial charge in [0.2, 0.25) is 10.0 Å². The molecule has 0 heterocycles. The minimum absolute atomic E-state index is 0.0638. The smallest absolute Gasteiger partial charge is 0.267 e. The molecule has 0 atom stereocenters. The molecule has 0 radical (unpaired) electrons. The lowest BCUT2D eigenvalue weighted by molar-refractivity contribution is 0.0954. The number of carbonyl (C=O) groups excluding carboxylic acids is 1. The highest BCUT2D eigenvalue weighted by molar-refractivity contribution is 7.89. The summed E-state index contributed by atoms with van der Waals surface area (Å²) in [7, 11) is -3.63. The molecule has 2 aromatic rings. The zero-order valence-electron chi connectivity index (χ0n) is 18.6. The highest BCUT2D eigenvalue weighted by atomic mass is 32.2. The van der Waals surface area contributed by atoms with Crippen LogP contribution in [0, 0.1) is 0 Å². The van der Waals surface area contributed by atoms with Crippen molar-refractivity contribution in [3.8, 4) is 0 Å². The van der Waals surface area contributed by atoms with Gasteiger partial charge in [-0.25, -0.2) is 13.8 Å². The van der Waals surface area contributed by atoms with E-state index in [0.717, 1.165) is 5.56 Å². The second-order valence-corrected chi connectivity index (χ2v) is 10.0. The Bertz CT molecular complexity index is 1020. The first kappa shape index (κ1) is 23.8. The Balaban J connectivity index is 2.18. The van der Waals surface area contributed by atoms with Crippen LogP contribution in [-0.2, 0) is 15.4 Å². The molecular formula is C23H31N3O3S. The summed E-state index contributed by atoms with van der Waals surface area (Å²) in [5.74, 6) is -0.461. The van der Waals surface area contributed by atoms with E-state index in [1.165, 1.54) is 22.0 Å². The first-order valence-corrected chi connectivity index (χ1v) is 11.5. The lowest BCUT2D eigenvalue weighted by Gasteiger charge is -2.19. The maximum Gasteiger partial charge on any atom is 0.271 e. The van der Waals surface area contributed by atoms with Gasteiger partial charge in [-0.15, -0.1) is 0 Å². The number of amides is 1. The summed E-state index contributed by atoms with van der Waals surface area (Å²) in [6.07, 6.45) is 0. The Kier molecular flexibility index (Phi) is 7.55. The van der Waals surface area contributed by atoms with Crippen LogP contribution in [0.3, 0.4) is 0 Å². The quantitative estimate of drug-likeness (QED) is 0.530. The Morgan fingerprint density at radius 1 is 1.00 bits per heavy atom. The Morgan fingerprint density at radius 3 is 2.13 bits per heavy atom. The van der Waals surface area contributed by atoms with Crippen molar-refractivity contribution in [1.29, 1.82) is 0 Å². The van der Waals surface area contributed by atoms with Gasteiger partial charge in [-0.2, -0.15) is 9.41 Å². The number of hydrogen-bond donors (Lipinski definition) is 1. The molecule has 6 nitrogen and oxygen atoms in total. The van der Waals surface area contributed by atoms with Crippen LogP contribution in [0.25, 0.3) is 0 Å². The molecule has 0 aromatic heterocycles. The number of hydrogen-bond acceptors (Lipinski definition) is 4. The highest BCUT2D eigenvalue weighted by Crippen LogP contribution is 2.22.